The summed E-state index contributed by atoms with van der Waals surface area (Å²) in [5, 5.41) is 2.85. The topological polar surface area (TPSA) is 80.8 Å². The number of fused-ring (bicyclic) bond motifs is 1. The zero-order valence-corrected chi connectivity index (χ0v) is 13.8. The summed E-state index contributed by atoms with van der Waals surface area (Å²) < 4.78 is 10.7. The van der Waals surface area contributed by atoms with E-state index in [1.54, 1.807) is 18.2 Å². The molecule has 0 aromatic carbocycles. The van der Waals surface area contributed by atoms with Crippen molar-refractivity contribution in [3.05, 3.63) is 30.1 Å². The molecule has 130 valence electrons. The van der Waals surface area contributed by atoms with Gasteiger partial charge in [0.1, 0.15) is 0 Å². The second-order valence-corrected chi connectivity index (χ2v) is 6.13. The molecule has 0 radical (unpaired) electrons. The molecule has 7 heteroatoms. The zero-order valence-electron chi connectivity index (χ0n) is 13.8. The highest BCUT2D eigenvalue weighted by molar-refractivity contribution is 5.84. The Morgan fingerprint density at radius 3 is 3.08 bits per heavy atom. The van der Waals surface area contributed by atoms with Crippen molar-refractivity contribution in [1.82, 2.24) is 15.2 Å². The van der Waals surface area contributed by atoms with Gasteiger partial charge in [0.25, 0.3) is 0 Å². The van der Waals surface area contributed by atoms with Crippen molar-refractivity contribution in [2.75, 3.05) is 33.4 Å². The van der Waals surface area contributed by atoms with E-state index in [2.05, 4.69) is 10.3 Å². The minimum atomic E-state index is -0.318. The quantitative estimate of drug-likeness (QED) is 0.742. The van der Waals surface area contributed by atoms with Crippen LogP contribution in [0.4, 0.5) is 0 Å². The van der Waals surface area contributed by atoms with Crippen LogP contribution in [0, 0.1) is 5.92 Å². The zero-order chi connectivity index (χ0) is 16.9. The SMILES string of the molecule is COCCNC(=O)[C@H]1CN(C(=O)Cc2ccccn2)[C@@H]2CCO[C@H]12. The minimum absolute atomic E-state index is 0.00129. The summed E-state index contributed by atoms with van der Waals surface area (Å²) >= 11 is 0. The number of carbonyl (C=O) groups excluding carboxylic acids is 2. The fourth-order valence-corrected chi connectivity index (χ4v) is 3.45. The van der Waals surface area contributed by atoms with Crippen molar-refractivity contribution in [1.29, 1.82) is 0 Å². The van der Waals surface area contributed by atoms with E-state index in [1.807, 2.05) is 18.2 Å². The molecule has 7 nitrogen and oxygen atoms in total. The lowest BCUT2D eigenvalue weighted by Gasteiger charge is -2.22. The first kappa shape index (κ1) is 16.9. The van der Waals surface area contributed by atoms with Gasteiger partial charge in [-0.2, -0.15) is 0 Å². The molecular formula is C17H23N3O4. The van der Waals surface area contributed by atoms with Crippen LogP contribution in [0.25, 0.3) is 0 Å². The molecule has 1 N–H and O–H groups in total. The second-order valence-electron chi connectivity index (χ2n) is 6.13. The number of aromatic nitrogens is 1. The summed E-state index contributed by atoms with van der Waals surface area (Å²) in [5.41, 5.74) is 0.742. The van der Waals surface area contributed by atoms with Gasteiger partial charge >= 0.3 is 0 Å². The van der Waals surface area contributed by atoms with E-state index in [0.717, 1.165) is 12.1 Å². The molecule has 2 amide bonds. The van der Waals surface area contributed by atoms with Gasteiger partial charge in [0.15, 0.2) is 0 Å². The summed E-state index contributed by atoms with van der Waals surface area (Å²) in [6.45, 7) is 1.92. The van der Waals surface area contributed by atoms with Crippen molar-refractivity contribution in [2.24, 2.45) is 5.92 Å². The van der Waals surface area contributed by atoms with Crippen molar-refractivity contribution in [3.8, 4) is 0 Å². The molecule has 24 heavy (non-hydrogen) atoms. The maximum atomic E-state index is 12.7. The van der Waals surface area contributed by atoms with Gasteiger partial charge < -0.3 is 19.7 Å². The Bertz CT molecular complexity index is 580. The number of hydrogen-bond donors (Lipinski definition) is 1. The molecule has 0 saturated carbocycles. The summed E-state index contributed by atoms with van der Waals surface area (Å²) in [7, 11) is 1.59. The molecular weight excluding hydrogens is 310 g/mol. The maximum absolute atomic E-state index is 12.7. The van der Waals surface area contributed by atoms with E-state index in [4.69, 9.17) is 9.47 Å². The Morgan fingerprint density at radius 2 is 2.33 bits per heavy atom. The fraction of sp³-hybridized carbons (Fsp3) is 0.588. The molecule has 0 bridgehead atoms. The smallest absolute Gasteiger partial charge is 0.228 e. The van der Waals surface area contributed by atoms with Crippen LogP contribution in [-0.2, 0) is 25.5 Å². The van der Waals surface area contributed by atoms with Gasteiger partial charge in [-0.3, -0.25) is 14.6 Å². The largest absolute Gasteiger partial charge is 0.383 e. The van der Waals surface area contributed by atoms with Gasteiger partial charge in [-0.15, -0.1) is 0 Å². The van der Waals surface area contributed by atoms with Crippen molar-refractivity contribution >= 4 is 11.8 Å². The average Bonchev–Trinajstić information content (AvgIpc) is 3.18. The van der Waals surface area contributed by atoms with Crippen LogP contribution < -0.4 is 5.32 Å². The Hall–Kier alpha value is -1.99. The lowest BCUT2D eigenvalue weighted by molar-refractivity contribution is -0.131. The predicted molar refractivity (Wildman–Crippen MR) is 86.2 cm³/mol. The molecule has 0 unspecified atom stereocenters. The molecule has 2 saturated heterocycles. The highest BCUT2D eigenvalue weighted by atomic mass is 16.5. The monoisotopic (exact) mass is 333 g/mol. The second kappa shape index (κ2) is 7.72. The summed E-state index contributed by atoms with van der Waals surface area (Å²) in [4.78, 5) is 31.1. The highest BCUT2D eigenvalue weighted by Gasteiger charge is 2.50. The molecule has 2 aliphatic heterocycles. The number of pyridine rings is 1. The number of hydrogen-bond acceptors (Lipinski definition) is 5. The molecule has 2 fully saturated rings. The van der Waals surface area contributed by atoms with Gasteiger partial charge in [0.05, 0.1) is 31.1 Å². The molecule has 3 atom stereocenters. The van der Waals surface area contributed by atoms with Crippen molar-refractivity contribution in [2.45, 2.75) is 25.0 Å². The van der Waals surface area contributed by atoms with Crippen molar-refractivity contribution < 1.29 is 19.1 Å². The average molecular weight is 333 g/mol. The van der Waals surface area contributed by atoms with E-state index in [1.165, 1.54) is 0 Å². The van der Waals surface area contributed by atoms with Crippen LogP contribution in [-0.4, -0.2) is 67.3 Å². The number of ether oxygens (including phenoxy) is 2. The first-order valence-corrected chi connectivity index (χ1v) is 8.28. The normalized spacial score (nSPS) is 25.5. The summed E-state index contributed by atoms with van der Waals surface area (Å²) in [6.07, 6.45) is 2.50. The van der Waals surface area contributed by atoms with E-state index in [-0.39, 0.29) is 36.3 Å². The maximum Gasteiger partial charge on any atom is 0.228 e. The summed E-state index contributed by atoms with van der Waals surface area (Å²) in [6, 6.07) is 5.52. The van der Waals surface area contributed by atoms with Gasteiger partial charge in [0.2, 0.25) is 11.8 Å². The van der Waals surface area contributed by atoms with Crippen LogP contribution in [0.5, 0.6) is 0 Å². The molecule has 3 rings (SSSR count). The van der Waals surface area contributed by atoms with Crippen molar-refractivity contribution in [3.63, 3.8) is 0 Å². The van der Waals surface area contributed by atoms with Gasteiger partial charge in [-0.1, -0.05) is 6.07 Å². The Balaban J connectivity index is 1.64. The van der Waals surface area contributed by atoms with Crippen LogP contribution in [0.15, 0.2) is 24.4 Å². The first-order valence-electron chi connectivity index (χ1n) is 8.28. The number of nitrogens with one attached hydrogen (secondary N) is 1. The predicted octanol–water partition coefficient (Wildman–Crippen LogP) is 0.00260. The molecule has 1 aromatic rings. The standard InChI is InChI=1S/C17H23N3O4/c1-23-9-7-19-17(22)13-11-20(14-5-8-24-16(13)14)15(21)10-12-4-2-3-6-18-12/h2-4,6,13-14,16H,5,7-11H2,1H3,(H,19,22)/t13-,14+,16+/m0/s1. The molecule has 1 aromatic heterocycles. The number of nitrogens with zero attached hydrogens (tertiary/aromatic N) is 2. The molecule has 0 aliphatic carbocycles. The van der Waals surface area contributed by atoms with Gasteiger partial charge in [-0.25, -0.2) is 0 Å². The Morgan fingerprint density at radius 1 is 1.46 bits per heavy atom. The van der Waals surface area contributed by atoms with Crippen LogP contribution in [0.3, 0.4) is 0 Å². The lowest BCUT2D eigenvalue weighted by Crippen LogP contribution is -2.39. The third-order valence-electron chi connectivity index (χ3n) is 4.61. The molecule has 0 spiro atoms. The highest BCUT2D eigenvalue weighted by Crippen LogP contribution is 2.34. The fourth-order valence-electron chi connectivity index (χ4n) is 3.45. The van der Waals surface area contributed by atoms with Crippen LogP contribution in [0.2, 0.25) is 0 Å². The van der Waals surface area contributed by atoms with Gasteiger partial charge in [0, 0.05) is 38.7 Å². The number of methoxy groups -OCH3 is 1. The minimum Gasteiger partial charge on any atom is -0.383 e. The van der Waals surface area contributed by atoms with Crippen LogP contribution >= 0.6 is 0 Å². The van der Waals surface area contributed by atoms with Crippen LogP contribution in [0.1, 0.15) is 12.1 Å². The summed E-state index contributed by atoms with van der Waals surface area (Å²) in [5.74, 6) is -0.388. The lowest BCUT2D eigenvalue weighted by atomic mass is 10.0. The van der Waals surface area contributed by atoms with Gasteiger partial charge in [-0.05, 0) is 18.6 Å². The van der Waals surface area contributed by atoms with E-state index in [0.29, 0.717) is 26.3 Å². The number of amides is 2. The molecule has 3 heterocycles. The first-order chi connectivity index (χ1) is 11.7. The number of carbonyl (C=O) groups is 2. The van der Waals surface area contributed by atoms with E-state index < -0.39 is 0 Å². The van der Waals surface area contributed by atoms with E-state index in [9.17, 15) is 9.59 Å². The third kappa shape index (κ3) is 3.57. The molecule has 2 aliphatic rings. The number of rotatable bonds is 6. The number of likely N-dealkylation sites (tertiary alicyclic amines) is 1. The van der Waals surface area contributed by atoms with E-state index >= 15 is 0 Å². The Kier molecular flexibility index (Phi) is 5.42. The Labute approximate surface area is 141 Å². The third-order valence-corrected chi connectivity index (χ3v) is 4.61.